The highest BCUT2D eigenvalue weighted by molar-refractivity contribution is 9.10. The number of carbonyl (C=O) groups is 1. The molecule has 0 aliphatic heterocycles. The Balaban J connectivity index is 1.55. The molecule has 3 aromatic rings. The van der Waals surface area contributed by atoms with Crippen LogP contribution in [0.15, 0.2) is 58.6 Å². The average molecular weight is 388 g/mol. The van der Waals surface area contributed by atoms with Gasteiger partial charge in [0, 0.05) is 39.9 Å². The standard InChI is InChI=1S/C17H14BrN3OS/c18-13-1-3-14(4-2-13)20-16(22)6-5-15-11-23-17(21-15)12-7-9-19-10-8-12/h1-4,7-11H,5-6H2,(H,20,22). The Morgan fingerprint density at radius 2 is 1.87 bits per heavy atom. The summed E-state index contributed by atoms with van der Waals surface area (Å²) in [6.07, 6.45) is 4.55. The lowest BCUT2D eigenvalue weighted by Crippen LogP contribution is -2.12. The van der Waals surface area contributed by atoms with Crippen LogP contribution >= 0.6 is 27.3 Å². The Bertz CT molecular complexity index is 787. The monoisotopic (exact) mass is 387 g/mol. The number of hydrogen-bond donors (Lipinski definition) is 1. The molecular weight excluding hydrogens is 374 g/mol. The van der Waals surface area contributed by atoms with Crippen molar-refractivity contribution in [3.05, 3.63) is 64.3 Å². The van der Waals surface area contributed by atoms with Crippen LogP contribution in [0, 0.1) is 0 Å². The van der Waals surface area contributed by atoms with E-state index in [9.17, 15) is 4.79 Å². The number of pyridine rings is 1. The second-order valence-corrected chi connectivity index (χ2v) is 6.71. The fourth-order valence-corrected chi connectivity index (χ4v) is 3.17. The maximum Gasteiger partial charge on any atom is 0.224 e. The van der Waals surface area contributed by atoms with Crippen molar-refractivity contribution in [3.8, 4) is 10.6 Å². The number of amides is 1. The Morgan fingerprint density at radius 3 is 2.61 bits per heavy atom. The summed E-state index contributed by atoms with van der Waals surface area (Å²) in [5, 5.41) is 5.84. The first-order valence-electron chi connectivity index (χ1n) is 7.11. The minimum atomic E-state index is -0.00853. The highest BCUT2D eigenvalue weighted by Gasteiger charge is 2.07. The van der Waals surface area contributed by atoms with Crippen LogP contribution in [-0.4, -0.2) is 15.9 Å². The van der Waals surface area contributed by atoms with E-state index in [1.54, 1.807) is 23.7 Å². The van der Waals surface area contributed by atoms with Gasteiger partial charge in [-0.15, -0.1) is 11.3 Å². The summed E-state index contributed by atoms with van der Waals surface area (Å²) in [4.78, 5) is 20.6. The number of halogens is 1. The van der Waals surface area contributed by atoms with Crippen LogP contribution in [-0.2, 0) is 11.2 Å². The van der Waals surface area contributed by atoms with Crippen LogP contribution in [0.2, 0.25) is 0 Å². The lowest BCUT2D eigenvalue weighted by atomic mass is 10.2. The van der Waals surface area contributed by atoms with Crippen molar-refractivity contribution in [3.63, 3.8) is 0 Å². The van der Waals surface area contributed by atoms with E-state index in [1.165, 1.54) is 0 Å². The van der Waals surface area contributed by atoms with E-state index in [2.05, 4.69) is 31.2 Å². The molecule has 0 atom stereocenters. The fraction of sp³-hybridized carbons (Fsp3) is 0.118. The number of aromatic nitrogens is 2. The Labute approximate surface area is 146 Å². The number of carbonyl (C=O) groups excluding carboxylic acids is 1. The highest BCUT2D eigenvalue weighted by atomic mass is 79.9. The molecule has 1 N–H and O–H groups in total. The van der Waals surface area contributed by atoms with Crippen LogP contribution in [0.1, 0.15) is 12.1 Å². The number of thiazole rings is 1. The van der Waals surface area contributed by atoms with Gasteiger partial charge in [-0.1, -0.05) is 15.9 Å². The molecule has 2 heterocycles. The molecule has 0 saturated heterocycles. The van der Waals surface area contributed by atoms with Crippen molar-refractivity contribution in [2.75, 3.05) is 5.32 Å². The highest BCUT2D eigenvalue weighted by Crippen LogP contribution is 2.23. The van der Waals surface area contributed by atoms with Crippen molar-refractivity contribution < 1.29 is 4.79 Å². The molecule has 6 heteroatoms. The summed E-state index contributed by atoms with van der Waals surface area (Å²) < 4.78 is 0.988. The van der Waals surface area contributed by atoms with Gasteiger partial charge in [-0.2, -0.15) is 0 Å². The first-order valence-corrected chi connectivity index (χ1v) is 8.78. The summed E-state index contributed by atoms with van der Waals surface area (Å²) in [5.74, 6) is -0.00853. The molecule has 3 rings (SSSR count). The smallest absolute Gasteiger partial charge is 0.224 e. The molecule has 2 aromatic heterocycles. The Kier molecular flexibility index (Phi) is 5.15. The van der Waals surface area contributed by atoms with Crippen LogP contribution in [0.25, 0.3) is 10.6 Å². The predicted octanol–water partition coefficient (Wildman–Crippen LogP) is 4.54. The lowest BCUT2D eigenvalue weighted by molar-refractivity contribution is -0.116. The van der Waals surface area contributed by atoms with Gasteiger partial charge in [0.25, 0.3) is 0 Å². The minimum Gasteiger partial charge on any atom is -0.326 e. The van der Waals surface area contributed by atoms with Gasteiger partial charge in [0.1, 0.15) is 5.01 Å². The van der Waals surface area contributed by atoms with Crippen molar-refractivity contribution in [2.45, 2.75) is 12.8 Å². The molecule has 0 bridgehead atoms. The molecule has 0 aliphatic rings. The molecule has 0 fully saturated rings. The lowest BCUT2D eigenvalue weighted by Gasteiger charge is -2.04. The number of nitrogens with zero attached hydrogens (tertiary/aromatic N) is 2. The number of benzene rings is 1. The average Bonchev–Trinajstić information content (AvgIpc) is 3.05. The SMILES string of the molecule is O=C(CCc1csc(-c2ccncc2)n1)Nc1ccc(Br)cc1. The summed E-state index contributed by atoms with van der Waals surface area (Å²) in [7, 11) is 0. The number of hydrogen-bond acceptors (Lipinski definition) is 4. The fourth-order valence-electron chi connectivity index (χ4n) is 2.05. The Hall–Kier alpha value is -2.05. The molecule has 0 spiro atoms. The third-order valence-corrected chi connectivity index (χ3v) is 4.68. The zero-order valence-electron chi connectivity index (χ0n) is 12.2. The van der Waals surface area contributed by atoms with Crippen LogP contribution in [0.5, 0.6) is 0 Å². The molecule has 0 aliphatic carbocycles. The summed E-state index contributed by atoms with van der Waals surface area (Å²) in [6, 6.07) is 11.4. The number of nitrogens with one attached hydrogen (secondary N) is 1. The van der Waals surface area contributed by atoms with E-state index in [1.807, 2.05) is 41.8 Å². The normalized spacial score (nSPS) is 10.5. The topological polar surface area (TPSA) is 54.9 Å². The minimum absolute atomic E-state index is 0.00853. The number of aryl methyl sites for hydroxylation is 1. The van der Waals surface area contributed by atoms with Crippen molar-refractivity contribution in [2.24, 2.45) is 0 Å². The van der Waals surface area contributed by atoms with Crippen molar-refractivity contribution >= 4 is 38.9 Å². The molecule has 23 heavy (non-hydrogen) atoms. The van der Waals surface area contributed by atoms with Gasteiger partial charge < -0.3 is 5.32 Å². The first kappa shape index (κ1) is 15.8. The van der Waals surface area contributed by atoms with E-state index >= 15 is 0 Å². The largest absolute Gasteiger partial charge is 0.326 e. The summed E-state index contributed by atoms with van der Waals surface area (Å²) >= 11 is 4.95. The van der Waals surface area contributed by atoms with E-state index in [0.717, 1.165) is 26.4 Å². The van der Waals surface area contributed by atoms with E-state index < -0.39 is 0 Å². The number of anilines is 1. The van der Waals surface area contributed by atoms with Gasteiger partial charge in [0.05, 0.1) is 5.69 Å². The first-order chi connectivity index (χ1) is 11.2. The van der Waals surface area contributed by atoms with Gasteiger partial charge in [0.15, 0.2) is 0 Å². The maximum absolute atomic E-state index is 12.0. The molecule has 0 radical (unpaired) electrons. The molecule has 1 amide bonds. The van der Waals surface area contributed by atoms with Crippen LogP contribution in [0.4, 0.5) is 5.69 Å². The van der Waals surface area contributed by atoms with Gasteiger partial charge in [-0.3, -0.25) is 9.78 Å². The zero-order chi connectivity index (χ0) is 16.1. The van der Waals surface area contributed by atoms with Gasteiger partial charge >= 0.3 is 0 Å². The van der Waals surface area contributed by atoms with E-state index in [-0.39, 0.29) is 5.91 Å². The van der Waals surface area contributed by atoms with Gasteiger partial charge in [0.2, 0.25) is 5.91 Å². The summed E-state index contributed by atoms with van der Waals surface area (Å²) in [5.41, 5.74) is 2.79. The maximum atomic E-state index is 12.0. The second kappa shape index (κ2) is 7.48. The quantitative estimate of drug-likeness (QED) is 0.698. The summed E-state index contributed by atoms with van der Waals surface area (Å²) in [6.45, 7) is 0. The van der Waals surface area contributed by atoms with Gasteiger partial charge in [-0.25, -0.2) is 4.98 Å². The molecule has 116 valence electrons. The third-order valence-electron chi connectivity index (χ3n) is 3.22. The molecular formula is C17H14BrN3OS. The third kappa shape index (κ3) is 4.46. The van der Waals surface area contributed by atoms with Crippen molar-refractivity contribution in [1.82, 2.24) is 9.97 Å². The molecule has 4 nitrogen and oxygen atoms in total. The van der Waals surface area contributed by atoms with Crippen LogP contribution in [0.3, 0.4) is 0 Å². The zero-order valence-corrected chi connectivity index (χ0v) is 14.6. The van der Waals surface area contributed by atoms with Gasteiger partial charge in [-0.05, 0) is 42.8 Å². The van der Waals surface area contributed by atoms with Crippen molar-refractivity contribution in [1.29, 1.82) is 0 Å². The molecule has 1 aromatic carbocycles. The van der Waals surface area contributed by atoms with E-state index in [0.29, 0.717) is 12.8 Å². The number of rotatable bonds is 5. The Morgan fingerprint density at radius 1 is 1.13 bits per heavy atom. The van der Waals surface area contributed by atoms with Crippen LogP contribution < -0.4 is 5.32 Å². The van der Waals surface area contributed by atoms with E-state index in [4.69, 9.17) is 0 Å². The molecule has 0 unspecified atom stereocenters. The molecule has 0 saturated carbocycles. The second-order valence-electron chi connectivity index (χ2n) is 4.93. The predicted molar refractivity (Wildman–Crippen MR) is 96.4 cm³/mol.